The lowest BCUT2D eigenvalue weighted by Crippen LogP contribution is -2.37. The number of nitrogens with zero attached hydrogens (tertiary/aromatic N) is 2. The van der Waals surface area contributed by atoms with E-state index in [4.69, 9.17) is 9.47 Å². The molecule has 6 nitrogen and oxygen atoms in total. The lowest BCUT2D eigenvalue weighted by atomic mass is 10.2. The predicted octanol–water partition coefficient (Wildman–Crippen LogP) is 3.36. The van der Waals surface area contributed by atoms with Crippen molar-refractivity contribution in [3.05, 3.63) is 52.5 Å². The van der Waals surface area contributed by atoms with Crippen molar-refractivity contribution >= 4 is 33.2 Å². The highest BCUT2D eigenvalue weighted by Crippen LogP contribution is 2.27. The van der Waals surface area contributed by atoms with Crippen molar-refractivity contribution in [1.82, 2.24) is 4.90 Å². The highest BCUT2D eigenvalue weighted by atomic mass is 79.9. The molecule has 1 saturated heterocycles. The molecule has 0 radical (unpaired) electrons. The number of morpholine rings is 1. The molecule has 2 aromatic carbocycles. The van der Waals surface area contributed by atoms with Gasteiger partial charge in [0, 0.05) is 29.7 Å². The number of methoxy groups -OCH3 is 1. The van der Waals surface area contributed by atoms with Crippen molar-refractivity contribution in [2.75, 3.05) is 57.2 Å². The molecule has 3 rings (SSSR count). The Hall–Kier alpha value is -2.09. The second-order valence-electron chi connectivity index (χ2n) is 6.79. The first-order valence-electron chi connectivity index (χ1n) is 9.29. The van der Waals surface area contributed by atoms with E-state index >= 15 is 0 Å². The summed E-state index contributed by atoms with van der Waals surface area (Å²) in [7, 11) is 3.58. The van der Waals surface area contributed by atoms with Crippen LogP contribution in [0, 0.1) is 0 Å². The number of nitrogens with one attached hydrogen (secondary N) is 1. The Bertz CT molecular complexity index is 809. The number of carbonyl (C=O) groups excluding carboxylic acids is 1. The average molecular weight is 448 g/mol. The molecule has 0 aromatic heterocycles. The van der Waals surface area contributed by atoms with Gasteiger partial charge in [0.2, 0.25) is 5.91 Å². The van der Waals surface area contributed by atoms with E-state index in [-0.39, 0.29) is 12.5 Å². The number of carbonyl (C=O) groups is 1. The molecule has 1 aliphatic heterocycles. The van der Waals surface area contributed by atoms with Crippen LogP contribution in [0.4, 0.5) is 11.4 Å². The number of halogens is 1. The van der Waals surface area contributed by atoms with Gasteiger partial charge in [-0.3, -0.25) is 9.69 Å². The average Bonchev–Trinajstić information content (AvgIpc) is 2.69. The van der Waals surface area contributed by atoms with Gasteiger partial charge in [0.05, 0.1) is 38.2 Å². The Morgan fingerprint density at radius 2 is 2.00 bits per heavy atom. The van der Waals surface area contributed by atoms with Gasteiger partial charge in [-0.1, -0.05) is 28.1 Å². The van der Waals surface area contributed by atoms with Crippen molar-refractivity contribution in [1.29, 1.82) is 0 Å². The number of hydrogen-bond donors (Lipinski definition) is 1. The molecule has 1 amide bonds. The van der Waals surface area contributed by atoms with E-state index in [1.165, 1.54) is 0 Å². The molecular formula is C21H26BrN3O3. The number of benzene rings is 2. The summed E-state index contributed by atoms with van der Waals surface area (Å²) in [6.07, 6.45) is 0. The van der Waals surface area contributed by atoms with Gasteiger partial charge in [-0.05, 0) is 37.4 Å². The van der Waals surface area contributed by atoms with Gasteiger partial charge in [0.25, 0.3) is 0 Å². The molecule has 7 heteroatoms. The summed E-state index contributed by atoms with van der Waals surface area (Å²) in [4.78, 5) is 16.8. The van der Waals surface area contributed by atoms with Crippen LogP contribution in [0.25, 0.3) is 0 Å². The molecule has 1 aliphatic rings. The van der Waals surface area contributed by atoms with Crippen molar-refractivity contribution in [2.24, 2.45) is 0 Å². The van der Waals surface area contributed by atoms with Gasteiger partial charge >= 0.3 is 0 Å². The molecule has 0 saturated carbocycles. The number of amides is 1. The molecule has 150 valence electrons. The fourth-order valence-electron chi connectivity index (χ4n) is 3.31. The molecule has 1 N–H and O–H groups in total. The predicted molar refractivity (Wildman–Crippen MR) is 115 cm³/mol. The summed E-state index contributed by atoms with van der Waals surface area (Å²) in [5.74, 6) is 0.769. The standard InChI is InChI=1S/C21H26BrN3O3/c1-24(14-16-13-17(22)7-8-20(16)27-2)15-21(26)23-18-5-3-4-6-19(18)25-9-11-28-12-10-25/h3-8,13H,9-12,14-15H2,1-2H3,(H,23,26). The van der Waals surface area contributed by atoms with E-state index in [0.29, 0.717) is 19.8 Å². The molecule has 28 heavy (non-hydrogen) atoms. The van der Waals surface area contributed by atoms with Crippen LogP contribution in [0.2, 0.25) is 0 Å². The third-order valence-corrected chi connectivity index (χ3v) is 5.12. The number of likely N-dealkylation sites (N-methyl/N-ethyl adjacent to an activating group) is 1. The van der Waals surface area contributed by atoms with Crippen molar-refractivity contribution in [3.8, 4) is 5.75 Å². The van der Waals surface area contributed by atoms with Crippen LogP contribution in [0.1, 0.15) is 5.56 Å². The summed E-state index contributed by atoms with van der Waals surface area (Å²) < 4.78 is 11.8. The minimum absolute atomic E-state index is 0.0443. The van der Waals surface area contributed by atoms with Gasteiger partial charge in [0.15, 0.2) is 0 Å². The Balaban J connectivity index is 1.62. The summed E-state index contributed by atoms with van der Waals surface area (Å²) in [6.45, 7) is 3.97. The third-order valence-electron chi connectivity index (χ3n) is 4.63. The maximum Gasteiger partial charge on any atom is 0.238 e. The lowest BCUT2D eigenvalue weighted by molar-refractivity contribution is -0.117. The second-order valence-corrected chi connectivity index (χ2v) is 7.71. The van der Waals surface area contributed by atoms with E-state index in [0.717, 1.165) is 40.2 Å². The monoisotopic (exact) mass is 447 g/mol. The normalized spacial score (nSPS) is 14.2. The Morgan fingerprint density at radius 1 is 1.25 bits per heavy atom. The quantitative estimate of drug-likeness (QED) is 0.704. The zero-order valence-corrected chi connectivity index (χ0v) is 17.9. The fourth-order valence-corrected chi connectivity index (χ4v) is 3.72. The SMILES string of the molecule is COc1ccc(Br)cc1CN(C)CC(=O)Nc1ccccc1N1CCOCC1. The molecule has 2 aromatic rings. The van der Waals surface area contributed by atoms with E-state index in [2.05, 4.69) is 26.1 Å². The highest BCUT2D eigenvalue weighted by Gasteiger charge is 2.17. The first-order chi connectivity index (χ1) is 13.6. The fraction of sp³-hybridized carbons (Fsp3) is 0.381. The molecule has 0 aliphatic carbocycles. The van der Waals surface area contributed by atoms with Gasteiger partial charge < -0.3 is 19.7 Å². The molecule has 1 heterocycles. The zero-order chi connectivity index (χ0) is 19.9. The van der Waals surface area contributed by atoms with Crippen LogP contribution in [0.3, 0.4) is 0 Å². The van der Waals surface area contributed by atoms with Crippen molar-refractivity contribution in [3.63, 3.8) is 0 Å². The minimum atomic E-state index is -0.0443. The summed E-state index contributed by atoms with van der Waals surface area (Å²) in [5, 5.41) is 3.06. The topological polar surface area (TPSA) is 54.0 Å². The van der Waals surface area contributed by atoms with Crippen LogP contribution >= 0.6 is 15.9 Å². The van der Waals surface area contributed by atoms with Gasteiger partial charge in [-0.2, -0.15) is 0 Å². The highest BCUT2D eigenvalue weighted by molar-refractivity contribution is 9.10. The molecule has 0 unspecified atom stereocenters. The molecule has 1 fully saturated rings. The molecule has 0 atom stereocenters. The Labute approximate surface area is 174 Å². The number of ether oxygens (including phenoxy) is 2. The number of anilines is 2. The number of hydrogen-bond acceptors (Lipinski definition) is 5. The van der Waals surface area contributed by atoms with Crippen LogP contribution in [-0.2, 0) is 16.1 Å². The van der Waals surface area contributed by atoms with E-state index < -0.39 is 0 Å². The van der Waals surface area contributed by atoms with E-state index in [1.54, 1.807) is 7.11 Å². The first-order valence-corrected chi connectivity index (χ1v) is 10.1. The van der Waals surface area contributed by atoms with Gasteiger partial charge in [-0.15, -0.1) is 0 Å². The molecule has 0 bridgehead atoms. The van der Waals surface area contributed by atoms with Crippen LogP contribution < -0.4 is 15.0 Å². The number of para-hydroxylation sites is 2. The van der Waals surface area contributed by atoms with Crippen molar-refractivity contribution < 1.29 is 14.3 Å². The van der Waals surface area contributed by atoms with E-state index in [9.17, 15) is 4.79 Å². The van der Waals surface area contributed by atoms with Crippen molar-refractivity contribution in [2.45, 2.75) is 6.54 Å². The van der Waals surface area contributed by atoms with Gasteiger partial charge in [-0.25, -0.2) is 0 Å². The maximum absolute atomic E-state index is 12.6. The summed E-state index contributed by atoms with van der Waals surface area (Å²) >= 11 is 3.49. The molecular weight excluding hydrogens is 422 g/mol. The van der Waals surface area contributed by atoms with Crippen LogP contribution in [0.15, 0.2) is 46.9 Å². The van der Waals surface area contributed by atoms with Crippen LogP contribution in [0.5, 0.6) is 5.75 Å². The maximum atomic E-state index is 12.6. The zero-order valence-electron chi connectivity index (χ0n) is 16.3. The first kappa shape index (κ1) is 20.6. The largest absolute Gasteiger partial charge is 0.496 e. The molecule has 0 spiro atoms. The van der Waals surface area contributed by atoms with E-state index in [1.807, 2.05) is 54.4 Å². The smallest absolute Gasteiger partial charge is 0.238 e. The third kappa shape index (κ3) is 5.47. The van der Waals surface area contributed by atoms with Crippen LogP contribution in [-0.4, -0.2) is 57.8 Å². The Morgan fingerprint density at radius 3 is 2.75 bits per heavy atom. The second kappa shape index (κ2) is 9.91. The summed E-state index contributed by atoms with van der Waals surface area (Å²) in [6, 6.07) is 13.8. The minimum Gasteiger partial charge on any atom is -0.496 e. The lowest BCUT2D eigenvalue weighted by Gasteiger charge is -2.30. The Kier molecular flexibility index (Phi) is 7.30. The number of rotatable bonds is 7. The summed E-state index contributed by atoms with van der Waals surface area (Å²) in [5.41, 5.74) is 2.90. The van der Waals surface area contributed by atoms with Gasteiger partial charge in [0.1, 0.15) is 5.75 Å².